The highest BCUT2D eigenvalue weighted by Crippen LogP contribution is 2.17. The normalized spacial score (nSPS) is 11.5. The van der Waals surface area contributed by atoms with Gasteiger partial charge in [0.2, 0.25) is 0 Å². The lowest BCUT2D eigenvalue weighted by atomic mass is 10.2. The van der Waals surface area contributed by atoms with Gasteiger partial charge in [-0.15, -0.1) is 0 Å². The maximum atomic E-state index is 12.0. The Labute approximate surface area is 149 Å². The van der Waals surface area contributed by atoms with Gasteiger partial charge in [-0.1, -0.05) is 39.7 Å². The van der Waals surface area contributed by atoms with Crippen LogP contribution in [0.25, 0.3) is 0 Å². The summed E-state index contributed by atoms with van der Waals surface area (Å²) >= 11 is 3.32. The van der Waals surface area contributed by atoms with Crippen molar-refractivity contribution in [1.82, 2.24) is 0 Å². The lowest BCUT2D eigenvalue weighted by Gasteiger charge is -2.14. The molecule has 0 aliphatic heterocycles. The van der Waals surface area contributed by atoms with Crippen molar-refractivity contribution in [2.75, 3.05) is 11.9 Å². The van der Waals surface area contributed by atoms with E-state index in [1.54, 1.807) is 30.3 Å². The third kappa shape index (κ3) is 5.70. The maximum Gasteiger partial charge on any atom is 0.344 e. The lowest BCUT2D eigenvalue weighted by molar-refractivity contribution is -0.155. The maximum absolute atomic E-state index is 12.0. The molecule has 1 atom stereocenters. The van der Waals surface area contributed by atoms with Gasteiger partial charge < -0.3 is 14.8 Å². The molecule has 126 valence electrons. The summed E-state index contributed by atoms with van der Waals surface area (Å²) in [6.45, 7) is 3.21. The van der Waals surface area contributed by atoms with Crippen LogP contribution >= 0.6 is 15.9 Å². The molecule has 0 radical (unpaired) electrons. The molecule has 0 aromatic heterocycles. The molecule has 1 N–H and O–H groups in total. The van der Waals surface area contributed by atoms with Crippen molar-refractivity contribution in [2.45, 2.75) is 20.0 Å². The third-order valence-corrected chi connectivity index (χ3v) is 3.64. The number of hydrogen-bond acceptors (Lipinski definition) is 4. The van der Waals surface area contributed by atoms with Crippen LogP contribution in [0.4, 0.5) is 5.69 Å². The smallest absolute Gasteiger partial charge is 0.344 e. The van der Waals surface area contributed by atoms with Crippen LogP contribution in [-0.4, -0.2) is 24.6 Å². The van der Waals surface area contributed by atoms with Gasteiger partial charge in [-0.05, 0) is 44.2 Å². The molecule has 5 nitrogen and oxygen atoms in total. The highest BCUT2D eigenvalue weighted by molar-refractivity contribution is 9.10. The molecule has 0 unspecified atom stereocenters. The molecule has 0 heterocycles. The summed E-state index contributed by atoms with van der Waals surface area (Å²) in [7, 11) is 0. The molecule has 0 fully saturated rings. The van der Waals surface area contributed by atoms with Crippen molar-refractivity contribution >= 4 is 33.5 Å². The highest BCUT2D eigenvalue weighted by atomic mass is 79.9. The molecule has 0 saturated heterocycles. The summed E-state index contributed by atoms with van der Waals surface area (Å²) in [6.07, 6.45) is -0.912. The molecule has 24 heavy (non-hydrogen) atoms. The van der Waals surface area contributed by atoms with E-state index >= 15 is 0 Å². The van der Waals surface area contributed by atoms with E-state index in [-0.39, 0.29) is 6.61 Å². The van der Waals surface area contributed by atoms with Gasteiger partial charge >= 0.3 is 5.97 Å². The van der Waals surface area contributed by atoms with Crippen LogP contribution in [-0.2, 0) is 14.3 Å². The molecule has 0 saturated carbocycles. The fraction of sp³-hybridized carbons (Fsp3) is 0.222. The molecule has 0 aliphatic carbocycles. The minimum atomic E-state index is -0.912. The fourth-order valence-corrected chi connectivity index (χ4v) is 2.24. The summed E-state index contributed by atoms with van der Waals surface area (Å²) in [5.41, 5.74) is 1.75. The predicted octanol–water partition coefficient (Wildman–Crippen LogP) is 3.71. The highest BCUT2D eigenvalue weighted by Gasteiger charge is 2.18. The number of nitrogens with one attached hydrogen (secondary N) is 1. The summed E-state index contributed by atoms with van der Waals surface area (Å²) in [4.78, 5) is 23.8. The average molecular weight is 392 g/mol. The molecule has 2 rings (SSSR count). The van der Waals surface area contributed by atoms with E-state index in [2.05, 4.69) is 21.2 Å². The largest absolute Gasteiger partial charge is 0.482 e. The van der Waals surface area contributed by atoms with Crippen LogP contribution in [0, 0.1) is 6.92 Å². The molecule has 1 amide bonds. The molecule has 0 bridgehead atoms. The Balaban J connectivity index is 1.80. The number of esters is 1. The van der Waals surface area contributed by atoms with Gasteiger partial charge in [0, 0.05) is 10.2 Å². The molecule has 0 spiro atoms. The zero-order valence-corrected chi connectivity index (χ0v) is 15.0. The van der Waals surface area contributed by atoms with Crippen molar-refractivity contribution in [3.63, 3.8) is 0 Å². The Kier molecular flexibility index (Phi) is 6.37. The Morgan fingerprint density at radius 3 is 2.54 bits per heavy atom. The monoisotopic (exact) mass is 391 g/mol. The van der Waals surface area contributed by atoms with E-state index in [1.165, 1.54) is 6.92 Å². The fourth-order valence-electron chi connectivity index (χ4n) is 1.86. The Bertz CT molecular complexity index is 715. The van der Waals surface area contributed by atoms with Crippen LogP contribution in [0.2, 0.25) is 0 Å². The molecule has 2 aromatic carbocycles. The number of anilines is 1. The zero-order valence-electron chi connectivity index (χ0n) is 13.4. The van der Waals surface area contributed by atoms with Gasteiger partial charge in [0.15, 0.2) is 12.7 Å². The zero-order chi connectivity index (χ0) is 17.5. The molecular formula is C18H18BrNO4. The molecule has 2 aromatic rings. The second-order valence-corrected chi connectivity index (χ2v) is 6.15. The van der Waals surface area contributed by atoms with E-state index in [1.807, 2.05) is 25.1 Å². The molecule has 0 aliphatic rings. The topological polar surface area (TPSA) is 64.6 Å². The Morgan fingerprint density at radius 2 is 1.88 bits per heavy atom. The number of carbonyl (C=O) groups excluding carboxylic acids is 2. The first-order valence-electron chi connectivity index (χ1n) is 7.39. The number of rotatable bonds is 6. The molecule has 6 heteroatoms. The van der Waals surface area contributed by atoms with Crippen LogP contribution in [0.3, 0.4) is 0 Å². The summed E-state index contributed by atoms with van der Waals surface area (Å²) < 4.78 is 11.2. The quantitative estimate of drug-likeness (QED) is 0.762. The number of carbonyl (C=O) groups is 2. The number of ether oxygens (including phenoxy) is 2. The first-order chi connectivity index (χ1) is 11.4. The van der Waals surface area contributed by atoms with E-state index in [0.717, 1.165) is 10.0 Å². The summed E-state index contributed by atoms with van der Waals surface area (Å²) in [5.74, 6) is -0.464. The minimum Gasteiger partial charge on any atom is -0.482 e. The van der Waals surface area contributed by atoms with Crippen LogP contribution in [0.5, 0.6) is 5.75 Å². The summed E-state index contributed by atoms with van der Waals surface area (Å²) in [6, 6.07) is 14.5. The van der Waals surface area contributed by atoms with Gasteiger partial charge in [0.1, 0.15) is 5.75 Å². The third-order valence-electron chi connectivity index (χ3n) is 3.15. The number of amides is 1. The van der Waals surface area contributed by atoms with Crippen molar-refractivity contribution in [3.8, 4) is 5.75 Å². The van der Waals surface area contributed by atoms with Crippen molar-refractivity contribution in [1.29, 1.82) is 0 Å². The van der Waals surface area contributed by atoms with Gasteiger partial charge in [-0.2, -0.15) is 0 Å². The average Bonchev–Trinajstić information content (AvgIpc) is 2.55. The number of hydrogen-bond donors (Lipinski definition) is 1. The first kappa shape index (κ1) is 18.0. The van der Waals surface area contributed by atoms with Crippen LogP contribution in [0.1, 0.15) is 12.5 Å². The van der Waals surface area contributed by atoms with E-state index < -0.39 is 18.0 Å². The summed E-state index contributed by atoms with van der Waals surface area (Å²) in [5, 5.41) is 2.69. The van der Waals surface area contributed by atoms with Gasteiger partial charge in [-0.3, -0.25) is 4.79 Å². The standard InChI is InChI=1S/C18H18BrNO4/c1-12-6-8-15(9-7-12)20-18(22)13(2)24-17(21)11-23-16-5-3-4-14(19)10-16/h3-10,13H,11H2,1-2H3,(H,20,22)/t13-/m0/s1. The number of halogens is 1. The predicted molar refractivity (Wildman–Crippen MR) is 95.0 cm³/mol. The van der Waals surface area contributed by atoms with Gasteiger partial charge in [-0.25, -0.2) is 4.79 Å². The lowest BCUT2D eigenvalue weighted by Crippen LogP contribution is -2.31. The van der Waals surface area contributed by atoms with E-state index in [0.29, 0.717) is 11.4 Å². The Morgan fingerprint density at radius 1 is 1.17 bits per heavy atom. The minimum absolute atomic E-state index is 0.265. The second kappa shape index (κ2) is 8.49. The van der Waals surface area contributed by atoms with Gasteiger partial charge in [0.05, 0.1) is 0 Å². The molecular weight excluding hydrogens is 374 g/mol. The second-order valence-electron chi connectivity index (χ2n) is 5.23. The SMILES string of the molecule is Cc1ccc(NC(=O)[C@H](C)OC(=O)COc2cccc(Br)c2)cc1. The van der Waals surface area contributed by atoms with Crippen molar-refractivity contribution in [3.05, 3.63) is 58.6 Å². The van der Waals surface area contributed by atoms with Gasteiger partial charge in [0.25, 0.3) is 5.91 Å². The van der Waals surface area contributed by atoms with E-state index in [9.17, 15) is 9.59 Å². The van der Waals surface area contributed by atoms with Crippen molar-refractivity contribution in [2.24, 2.45) is 0 Å². The van der Waals surface area contributed by atoms with Crippen molar-refractivity contribution < 1.29 is 19.1 Å². The van der Waals surface area contributed by atoms with E-state index in [4.69, 9.17) is 9.47 Å². The van der Waals surface area contributed by atoms with Crippen LogP contribution < -0.4 is 10.1 Å². The Hall–Kier alpha value is -2.34. The number of benzene rings is 2. The first-order valence-corrected chi connectivity index (χ1v) is 8.19. The number of aryl methyl sites for hydroxylation is 1. The van der Waals surface area contributed by atoms with Crippen LogP contribution in [0.15, 0.2) is 53.0 Å².